The van der Waals surface area contributed by atoms with Crippen molar-refractivity contribution in [1.82, 2.24) is 8.87 Å². The molecule has 0 bridgehead atoms. The number of thiazole rings is 1. The molecule has 0 saturated carbocycles. The minimum absolute atomic E-state index is 0.179. The van der Waals surface area contributed by atoms with E-state index in [0.717, 1.165) is 30.4 Å². The molecule has 2 aromatic rings. The molecule has 1 aliphatic rings. The van der Waals surface area contributed by atoms with Gasteiger partial charge in [0.2, 0.25) is 10.0 Å². The summed E-state index contributed by atoms with van der Waals surface area (Å²) in [6.45, 7) is 0.491. The first kappa shape index (κ1) is 18.8. The van der Waals surface area contributed by atoms with Gasteiger partial charge in [0.1, 0.15) is 11.9 Å². The summed E-state index contributed by atoms with van der Waals surface area (Å²) in [6.07, 6.45) is 8.42. The maximum Gasteiger partial charge on any atom is 0.266 e. The maximum atomic E-state index is 13.5. The third kappa shape index (κ3) is 3.72. The van der Waals surface area contributed by atoms with E-state index in [-0.39, 0.29) is 12.4 Å². The highest BCUT2D eigenvalue weighted by Crippen LogP contribution is 2.22. The van der Waals surface area contributed by atoms with Crippen LogP contribution >= 0.6 is 11.3 Å². The standard InChI is InChI=1S/C17H18FN3O3S2/c1-3-9-20-13-8-7-12(18)11-15(13)25-17(20)19-16(22)14-6-4-5-10-21(14)26(2,23)24/h1,7-8,11,14H,4-6,9-10H2,2H3. The molecular weight excluding hydrogens is 377 g/mol. The topological polar surface area (TPSA) is 71.7 Å². The first-order chi connectivity index (χ1) is 12.3. The zero-order chi connectivity index (χ0) is 18.9. The highest BCUT2D eigenvalue weighted by Gasteiger charge is 2.34. The van der Waals surface area contributed by atoms with Gasteiger partial charge >= 0.3 is 0 Å². The minimum Gasteiger partial charge on any atom is -0.305 e. The number of rotatable bonds is 3. The zero-order valence-corrected chi connectivity index (χ0v) is 15.8. The summed E-state index contributed by atoms with van der Waals surface area (Å²) in [5.74, 6) is 1.59. The lowest BCUT2D eigenvalue weighted by Crippen LogP contribution is -2.47. The number of hydrogen-bond acceptors (Lipinski definition) is 4. The first-order valence-electron chi connectivity index (χ1n) is 8.09. The molecule has 9 heteroatoms. The molecule has 2 heterocycles. The van der Waals surface area contributed by atoms with Crippen LogP contribution in [0, 0.1) is 18.2 Å². The van der Waals surface area contributed by atoms with E-state index in [4.69, 9.17) is 6.42 Å². The summed E-state index contributed by atoms with van der Waals surface area (Å²) >= 11 is 1.15. The monoisotopic (exact) mass is 395 g/mol. The van der Waals surface area contributed by atoms with Crippen molar-refractivity contribution in [2.24, 2.45) is 4.99 Å². The molecule has 1 aromatic carbocycles. The van der Waals surface area contributed by atoms with Crippen molar-refractivity contribution in [1.29, 1.82) is 0 Å². The quantitative estimate of drug-likeness (QED) is 0.743. The maximum absolute atomic E-state index is 13.5. The Morgan fingerprint density at radius 1 is 1.46 bits per heavy atom. The van der Waals surface area contributed by atoms with Gasteiger partial charge in [-0.05, 0) is 31.0 Å². The Kier molecular flexibility index (Phi) is 5.27. The number of sulfonamides is 1. The van der Waals surface area contributed by atoms with E-state index in [1.807, 2.05) is 0 Å². The van der Waals surface area contributed by atoms with Gasteiger partial charge < -0.3 is 4.57 Å². The Morgan fingerprint density at radius 2 is 2.23 bits per heavy atom. The molecule has 1 atom stereocenters. The number of amides is 1. The van der Waals surface area contributed by atoms with Gasteiger partial charge in [-0.15, -0.1) is 6.42 Å². The van der Waals surface area contributed by atoms with Crippen molar-refractivity contribution in [3.05, 3.63) is 28.8 Å². The van der Waals surface area contributed by atoms with Crippen LogP contribution in [0.3, 0.4) is 0 Å². The van der Waals surface area contributed by atoms with Gasteiger partial charge in [0, 0.05) is 6.54 Å². The Labute approximate surface area is 155 Å². The summed E-state index contributed by atoms with van der Waals surface area (Å²) in [7, 11) is -3.50. The molecule has 0 spiro atoms. The predicted octanol–water partition coefficient (Wildman–Crippen LogP) is 1.72. The van der Waals surface area contributed by atoms with Gasteiger partial charge in [-0.1, -0.05) is 23.7 Å². The summed E-state index contributed by atoms with van der Waals surface area (Å²) in [4.78, 5) is 17.2. The molecule has 6 nitrogen and oxygen atoms in total. The van der Waals surface area contributed by atoms with Crippen LogP contribution in [0.4, 0.5) is 4.39 Å². The van der Waals surface area contributed by atoms with E-state index >= 15 is 0 Å². The molecule has 0 N–H and O–H groups in total. The summed E-state index contributed by atoms with van der Waals surface area (Å²) in [5, 5.41) is 0. The number of aromatic nitrogens is 1. The lowest BCUT2D eigenvalue weighted by Gasteiger charge is -2.31. The number of nitrogens with zero attached hydrogens (tertiary/aromatic N) is 3. The molecule has 0 aliphatic carbocycles. The SMILES string of the molecule is C#CCn1c(=NC(=O)C2CCCCN2S(C)(=O)=O)sc2cc(F)ccc21. The van der Waals surface area contributed by atoms with Gasteiger partial charge in [-0.25, -0.2) is 12.8 Å². The number of carbonyl (C=O) groups excluding carboxylic acids is 1. The second-order valence-electron chi connectivity index (χ2n) is 6.12. The molecule has 1 unspecified atom stereocenters. The Bertz CT molecular complexity index is 1060. The van der Waals surface area contributed by atoms with Crippen LogP contribution < -0.4 is 4.80 Å². The van der Waals surface area contributed by atoms with Gasteiger partial charge in [0.05, 0.1) is 23.0 Å². The van der Waals surface area contributed by atoms with Crippen molar-refractivity contribution in [3.8, 4) is 12.3 Å². The van der Waals surface area contributed by atoms with E-state index in [2.05, 4.69) is 10.9 Å². The summed E-state index contributed by atoms with van der Waals surface area (Å²) in [6, 6.07) is 3.46. The Morgan fingerprint density at radius 3 is 2.92 bits per heavy atom. The molecule has 1 saturated heterocycles. The summed E-state index contributed by atoms with van der Waals surface area (Å²) in [5.41, 5.74) is 0.685. The second kappa shape index (κ2) is 7.31. The number of benzene rings is 1. The average molecular weight is 395 g/mol. The normalized spacial score (nSPS) is 19.6. The van der Waals surface area contributed by atoms with Gasteiger partial charge in [-0.3, -0.25) is 4.79 Å². The number of halogens is 1. The van der Waals surface area contributed by atoms with Crippen molar-refractivity contribution in [2.45, 2.75) is 31.8 Å². The van der Waals surface area contributed by atoms with Crippen LogP contribution in [0.5, 0.6) is 0 Å². The summed E-state index contributed by atoms with van der Waals surface area (Å²) < 4.78 is 40.9. The Hall–Kier alpha value is -2.02. The van der Waals surface area contributed by atoms with Crippen molar-refractivity contribution in [3.63, 3.8) is 0 Å². The lowest BCUT2D eigenvalue weighted by molar-refractivity contribution is -0.122. The highest BCUT2D eigenvalue weighted by molar-refractivity contribution is 7.88. The van der Waals surface area contributed by atoms with Crippen LogP contribution in [0.25, 0.3) is 10.2 Å². The molecule has 0 radical (unpaired) electrons. The second-order valence-corrected chi connectivity index (χ2v) is 9.07. The molecule has 1 fully saturated rings. The number of hydrogen-bond donors (Lipinski definition) is 0. The molecule has 26 heavy (non-hydrogen) atoms. The predicted molar refractivity (Wildman–Crippen MR) is 98.4 cm³/mol. The molecular formula is C17H18FN3O3S2. The number of piperidine rings is 1. The minimum atomic E-state index is -3.50. The first-order valence-corrected chi connectivity index (χ1v) is 10.8. The van der Waals surface area contributed by atoms with Crippen LogP contribution in [0.15, 0.2) is 23.2 Å². The van der Waals surface area contributed by atoms with Gasteiger partial charge in [0.25, 0.3) is 5.91 Å². The van der Waals surface area contributed by atoms with Crippen molar-refractivity contribution < 1.29 is 17.6 Å². The number of fused-ring (bicyclic) bond motifs is 1. The fourth-order valence-corrected chi connectivity index (χ4v) is 5.27. The van der Waals surface area contributed by atoms with Crippen LogP contribution in [-0.4, -0.2) is 42.0 Å². The molecule has 1 aliphatic heterocycles. The molecule has 1 aromatic heterocycles. The van der Waals surface area contributed by atoms with E-state index in [9.17, 15) is 17.6 Å². The number of terminal acetylenes is 1. The molecule has 1 amide bonds. The smallest absolute Gasteiger partial charge is 0.266 e. The van der Waals surface area contributed by atoms with E-state index in [1.165, 1.54) is 16.4 Å². The fraction of sp³-hybridized carbons (Fsp3) is 0.412. The van der Waals surface area contributed by atoms with Crippen molar-refractivity contribution in [2.75, 3.05) is 12.8 Å². The molecule has 3 rings (SSSR count). The number of carbonyl (C=O) groups is 1. The van der Waals surface area contributed by atoms with Gasteiger partial charge in [-0.2, -0.15) is 9.30 Å². The van der Waals surface area contributed by atoms with Crippen LogP contribution in [-0.2, 0) is 21.4 Å². The van der Waals surface area contributed by atoms with Gasteiger partial charge in [0.15, 0.2) is 4.80 Å². The third-order valence-corrected chi connectivity index (χ3v) is 6.59. The average Bonchev–Trinajstić information content (AvgIpc) is 2.91. The van der Waals surface area contributed by atoms with E-state index in [1.54, 1.807) is 10.6 Å². The fourth-order valence-electron chi connectivity index (χ4n) is 3.09. The lowest BCUT2D eigenvalue weighted by atomic mass is 10.0. The van der Waals surface area contributed by atoms with E-state index < -0.39 is 22.0 Å². The Balaban J connectivity index is 2.07. The van der Waals surface area contributed by atoms with Crippen LogP contribution in [0.1, 0.15) is 19.3 Å². The molecule has 138 valence electrons. The zero-order valence-electron chi connectivity index (χ0n) is 14.2. The largest absolute Gasteiger partial charge is 0.305 e. The highest BCUT2D eigenvalue weighted by atomic mass is 32.2. The third-order valence-electron chi connectivity index (χ3n) is 4.26. The van der Waals surface area contributed by atoms with Crippen LogP contribution in [0.2, 0.25) is 0 Å². The van der Waals surface area contributed by atoms with E-state index in [0.29, 0.717) is 28.0 Å². The van der Waals surface area contributed by atoms with Crippen molar-refractivity contribution >= 4 is 37.5 Å².